The van der Waals surface area contributed by atoms with Crippen molar-refractivity contribution in [2.75, 3.05) is 16.8 Å². The molecule has 1 fully saturated rings. The molecule has 11 heteroatoms. The fraction of sp³-hybridized carbons (Fsp3) is 0.0769. The van der Waals surface area contributed by atoms with Crippen LogP contribution in [0.5, 0.6) is 5.75 Å². The standard InChI is InChI=1S/C26H18Cl2FN3O5/c1-14-2-8-18(12-20(14)27)32-25(35)19(24(34)31-26(32)36)10-15-3-9-22(21(28)11-15)37-13-23(33)30-17-6-4-16(29)5-7-17/h2-12H,13H2,1H3,(H,30,33)(H,31,34,36)/b19-10+. The lowest BCUT2D eigenvalue weighted by Crippen LogP contribution is -2.54. The van der Waals surface area contributed by atoms with Gasteiger partial charge in [0.1, 0.15) is 17.1 Å². The van der Waals surface area contributed by atoms with Gasteiger partial charge >= 0.3 is 6.03 Å². The number of hydrogen-bond acceptors (Lipinski definition) is 5. The molecule has 0 aromatic heterocycles. The predicted molar refractivity (Wildman–Crippen MR) is 137 cm³/mol. The van der Waals surface area contributed by atoms with Gasteiger partial charge in [0.05, 0.1) is 10.7 Å². The largest absolute Gasteiger partial charge is 0.482 e. The first-order valence-electron chi connectivity index (χ1n) is 10.8. The highest BCUT2D eigenvalue weighted by Gasteiger charge is 2.37. The second kappa shape index (κ2) is 10.8. The van der Waals surface area contributed by atoms with E-state index >= 15 is 0 Å². The molecule has 0 aliphatic carbocycles. The van der Waals surface area contributed by atoms with Crippen LogP contribution in [-0.2, 0) is 14.4 Å². The zero-order chi connectivity index (χ0) is 26.7. The molecule has 0 radical (unpaired) electrons. The van der Waals surface area contributed by atoms with Crippen molar-refractivity contribution in [3.63, 3.8) is 0 Å². The molecule has 8 nitrogen and oxygen atoms in total. The Morgan fingerprint density at radius 1 is 1.03 bits per heavy atom. The first-order chi connectivity index (χ1) is 17.6. The molecule has 3 aromatic rings. The van der Waals surface area contributed by atoms with E-state index < -0.39 is 29.6 Å². The van der Waals surface area contributed by atoms with Crippen molar-refractivity contribution in [2.45, 2.75) is 6.92 Å². The molecule has 1 aliphatic heterocycles. The van der Waals surface area contributed by atoms with Gasteiger partial charge in [-0.2, -0.15) is 0 Å². The Kier molecular flexibility index (Phi) is 7.56. The lowest BCUT2D eigenvalue weighted by atomic mass is 10.1. The van der Waals surface area contributed by atoms with E-state index in [-0.39, 0.29) is 28.6 Å². The maximum absolute atomic E-state index is 13.1. The molecule has 5 amide bonds. The molecule has 1 aliphatic rings. The fourth-order valence-corrected chi connectivity index (χ4v) is 3.80. The fourth-order valence-electron chi connectivity index (χ4n) is 3.38. The van der Waals surface area contributed by atoms with E-state index in [2.05, 4.69) is 10.6 Å². The molecule has 0 bridgehead atoms. The first-order valence-corrected chi connectivity index (χ1v) is 11.5. The number of imide groups is 2. The monoisotopic (exact) mass is 541 g/mol. The zero-order valence-electron chi connectivity index (χ0n) is 19.2. The molecule has 3 aromatic carbocycles. The number of rotatable bonds is 6. The summed E-state index contributed by atoms with van der Waals surface area (Å²) in [5.41, 5.74) is 1.45. The Morgan fingerprint density at radius 2 is 1.76 bits per heavy atom. The summed E-state index contributed by atoms with van der Waals surface area (Å²) in [5, 5.41) is 5.17. The number of ether oxygens (including phenoxy) is 1. The number of barbiturate groups is 1. The van der Waals surface area contributed by atoms with Crippen LogP contribution >= 0.6 is 23.2 Å². The van der Waals surface area contributed by atoms with Crippen molar-refractivity contribution in [3.05, 3.63) is 93.2 Å². The predicted octanol–water partition coefficient (Wildman–Crippen LogP) is 5.12. The van der Waals surface area contributed by atoms with Gasteiger partial charge in [0, 0.05) is 10.7 Å². The summed E-state index contributed by atoms with van der Waals surface area (Å²) in [6.07, 6.45) is 1.28. The van der Waals surface area contributed by atoms with Crippen molar-refractivity contribution < 1.29 is 28.3 Å². The van der Waals surface area contributed by atoms with Gasteiger partial charge in [-0.3, -0.25) is 19.7 Å². The van der Waals surface area contributed by atoms with Gasteiger partial charge in [0.15, 0.2) is 6.61 Å². The molecule has 0 unspecified atom stereocenters. The Labute approximate surface area is 220 Å². The topological polar surface area (TPSA) is 105 Å². The van der Waals surface area contributed by atoms with Gasteiger partial charge < -0.3 is 10.1 Å². The number of carbonyl (C=O) groups excluding carboxylic acids is 4. The maximum atomic E-state index is 13.1. The van der Waals surface area contributed by atoms with Crippen molar-refractivity contribution in [3.8, 4) is 5.75 Å². The first kappa shape index (κ1) is 25.9. The summed E-state index contributed by atoms with van der Waals surface area (Å²) in [6.45, 7) is 1.41. The van der Waals surface area contributed by atoms with Gasteiger partial charge in [-0.05, 0) is 72.7 Å². The zero-order valence-corrected chi connectivity index (χ0v) is 20.7. The number of urea groups is 1. The molecule has 4 rings (SSSR count). The van der Waals surface area contributed by atoms with Crippen molar-refractivity contribution in [1.82, 2.24) is 5.32 Å². The van der Waals surface area contributed by atoms with Crippen LogP contribution in [0.25, 0.3) is 6.08 Å². The van der Waals surface area contributed by atoms with Crippen molar-refractivity contribution in [2.24, 2.45) is 0 Å². The molecule has 1 saturated heterocycles. The summed E-state index contributed by atoms with van der Waals surface area (Å²) in [7, 11) is 0. The van der Waals surface area contributed by atoms with Gasteiger partial charge in [-0.15, -0.1) is 0 Å². The van der Waals surface area contributed by atoms with Crippen LogP contribution in [0, 0.1) is 12.7 Å². The molecule has 2 N–H and O–H groups in total. The third kappa shape index (κ3) is 5.96. The van der Waals surface area contributed by atoms with Crippen LogP contribution in [0.4, 0.5) is 20.6 Å². The number of benzene rings is 3. The third-order valence-corrected chi connectivity index (χ3v) is 5.97. The Morgan fingerprint density at radius 3 is 2.43 bits per heavy atom. The third-order valence-electron chi connectivity index (χ3n) is 5.27. The number of nitrogens with zero attached hydrogens (tertiary/aromatic N) is 1. The van der Waals surface area contributed by atoms with Gasteiger partial charge in [0.25, 0.3) is 17.7 Å². The summed E-state index contributed by atoms with van der Waals surface area (Å²) in [4.78, 5) is 50.8. The van der Waals surface area contributed by atoms with E-state index in [1.54, 1.807) is 19.1 Å². The van der Waals surface area contributed by atoms with Gasteiger partial charge in [-0.1, -0.05) is 35.3 Å². The van der Waals surface area contributed by atoms with E-state index in [0.29, 0.717) is 16.3 Å². The van der Waals surface area contributed by atoms with Crippen LogP contribution in [-0.4, -0.2) is 30.4 Å². The minimum Gasteiger partial charge on any atom is -0.482 e. The van der Waals surface area contributed by atoms with Gasteiger partial charge in [0.2, 0.25) is 0 Å². The SMILES string of the molecule is Cc1ccc(N2C(=O)NC(=O)/C(=C\c3ccc(OCC(=O)Nc4ccc(F)cc4)c(Cl)c3)C2=O)cc1Cl. The highest BCUT2D eigenvalue weighted by molar-refractivity contribution is 6.39. The maximum Gasteiger partial charge on any atom is 0.335 e. The highest BCUT2D eigenvalue weighted by atomic mass is 35.5. The summed E-state index contributed by atoms with van der Waals surface area (Å²) < 4.78 is 18.4. The Hall–Kier alpha value is -4.21. The number of hydrogen-bond donors (Lipinski definition) is 2. The van der Waals surface area contributed by atoms with Gasteiger partial charge in [-0.25, -0.2) is 14.1 Å². The molecular weight excluding hydrogens is 524 g/mol. The Bertz CT molecular complexity index is 1460. The second-order valence-corrected chi connectivity index (χ2v) is 8.74. The van der Waals surface area contributed by atoms with Crippen LogP contribution in [0.3, 0.4) is 0 Å². The normalized spacial score (nSPS) is 14.5. The smallest absolute Gasteiger partial charge is 0.335 e. The summed E-state index contributed by atoms with van der Waals surface area (Å²) in [6, 6.07) is 13.4. The lowest BCUT2D eigenvalue weighted by molar-refractivity contribution is -0.122. The number of halogens is 3. The van der Waals surface area contributed by atoms with Crippen LogP contribution in [0.1, 0.15) is 11.1 Å². The van der Waals surface area contributed by atoms with E-state index in [4.69, 9.17) is 27.9 Å². The Balaban J connectivity index is 1.48. The average Bonchev–Trinajstić information content (AvgIpc) is 2.84. The minimum atomic E-state index is -0.896. The van der Waals surface area contributed by atoms with E-state index in [1.807, 2.05) is 0 Å². The van der Waals surface area contributed by atoms with Crippen LogP contribution in [0.2, 0.25) is 10.0 Å². The molecular formula is C26H18Cl2FN3O5. The lowest BCUT2D eigenvalue weighted by Gasteiger charge is -2.26. The van der Waals surface area contributed by atoms with Crippen LogP contribution < -0.4 is 20.3 Å². The second-order valence-electron chi connectivity index (χ2n) is 7.92. The molecule has 1 heterocycles. The molecule has 0 spiro atoms. The van der Waals surface area contributed by atoms with E-state index in [0.717, 1.165) is 10.5 Å². The molecule has 0 atom stereocenters. The molecule has 0 saturated carbocycles. The van der Waals surface area contributed by atoms with Crippen molar-refractivity contribution >= 4 is 64.4 Å². The number of anilines is 2. The quantitative estimate of drug-likeness (QED) is 0.332. The van der Waals surface area contributed by atoms with E-state index in [9.17, 15) is 23.6 Å². The molecule has 188 valence electrons. The van der Waals surface area contributed by atoms with Crippen LogP contribution in [0.15, 0.2) is 66.2 Å². The minimum absolute atomic E-state index is 0.117. The number of aryl methyl sites for hydroxylation is 1. The summed E-state index contributed by atoms with van der Waals surface area (Å²) in [5.74, 6) is -2.42. The molecule has 37 heavy (non-hydrogen) atoms. The number of carbonyl (C=O) groups is 4. The average molecular weight is 542 g/mol. The number of nitrogens with one attached hydrogen (secondary N) is 2. The van der Waals surface area contributed by atoms with E-state index in [1.165, 1.54) is 54.6 Å². The van der Waals surface area contributed by atoms with Crippen molar-refractivity contribution in [1.29, 1.82) is 0 Å². The summed E-state index contributed by atoms with van der Waals surface area (Å²) >= 11 is 12.4. The highest BCUT2D eigenvalue weighted by Crippen LogP contribution is 2.29. The number of amides is 5.